The van der Waals surface area contributed by atoms with Crippen molar-refractivity contribution in [2.45, 2.75) is 18.7 Å². The first kappa shape index (κ1) is 23.1. The summed E-state index contributed by atoms with van der Waals surface area (Å²) in [5.41, 5.74) is 2.34. The fourth-order valence-electron chi connectivity index (χ4n) is 3.67. The van der Waals surface area contributed by atoms with Crippen LogP contribution in [-0.2, 0) is 14.8 Å². The number of carbonyl (C=O) groups is 1. The summed E-state index contributed by atoms with van der Waals surface area (Å²) in [6, 6.07) is 12.8. The quantitative estimate of drug-likeness (QED) is 0.645. The lowest BCUT2D eigenvalue weighted by Gasteiger charge is -2.36. The summed E-state index contributed by atoms with van der Waals surface area (Å²) in [6.07, 6.45) is 0. The number of ether oxygens (including phenoxy) is 1. The van der Waals surface area contributed by atoms with Crippen molar-refractivity contribution in [1.29, 1.82) is 0 Å². The molecule has 1 aliphatic heterocycles. The molecule has 2 aromatic carbocycles. The molecule has 0 aliphatic carbocycles. The summed E-state index contributed by atoms with van der Waals surface area (Å²) in [7, 11) is -1.95. The second-order valence-electron chi connectivity index (χ2n) is 7.59. The second kappa shape index (κ2) is 10.1. The molecule has 2 N–H and O–H groups in total. The van der Waals surface area contributed by atoms with Gasteiger partial charge in [-0.2, -0.15) is 0 Å². The van der Waals surface area contributed by atoms with Gasteiger partial charge in [-0.15, -0.1) is 0 Å². The van der Waals surface area contributed by atoms with E-state index in [0.29, 0.717) is 24.3 Å². The summed E-state index contributed by atoms with van der Waals surface area (Å²) in [5.74, 6) is 0.648. The Morgan fingerprint density at radius 1 is 1.06 bits per heavy atom. The number of hydrogen-bond donors (Lipinski definition) is 2. The lowest BCUT2D eigenvalue weighted by Crippen LogP contribution is -2.48. The third kappa shape index (κ3) is 6.19. The minimum Gasteiger partial charge on any atom is -0.497 e. The molecule has 0 atom stereocenters. The molecule has 1 heterocycles. The molecule has 1 saturated heterocycles. The van der Waals surface area contributed by atoms with E-state index in [9.17, 15) is 13.2 Å². The van der Waals surface area contributed by atoms with Crippen LogP contribution in [0.1, 0.15) is 12.5 Å². The number of nitrogens with zero attached hydrogens (tertiary/aromatic N) is 2. The highest BCUT2D eigenvalue weighted by Gasteiger charge is 2.20. The van der Waals surface area contributed by atoms with Gasteiger partial charge in [0, 0.05) is 57.6 Å². The van der Waals surface area contributed by atoms with Gasteiger partial charge in [-0.05, 0) is 55.0 Å². The number of piperazine rings is 1. The Hall–Kier alpha value is -2.62. The van der Waals surface area contributed by atoms with Crippen LogP contribution in [0.15, 0.2) is 47.4 Å². The number of benzene rings is 2. The largest absolute Gasteiger partial charge is 0.497 e. The molecule has 0 saturated carbocycles. The molecular weight excluding hydrogens is 416 g/mol. The topological polar surface area (TPSA) is 91.0 Å². The van der Waals surface area contributed by atoms with Crippen molar-refractivity contribution in [2.24, 2.45) is 0 Å². The lowest BCUT2D eigenvalue weighted by molar-refractivity contribution is -0.114. The molecule has 2 aromatic rings. The van der Waals surface area contributed by atoms with E-state index in [1.807, 2.05) is 12.1 Å². The van der Waals surface area contributed by atoms with E-state index in [-0.39, 0.29) is 10.8 Å². The smallest absolute Gasteiger partial charge is 0.240 e. The number of rotatable bonds is 8. The summed E-state index contributed by atoms with van der Waals surface area (Å²) in [4.78, 5) is 16.0. The monoisotopic (exact) mass is 446 g/mol. The molecule has 8 nitrogen and oxygen atoms in total. The Morgan fingerprint density at radius 2 is 1.74 bits per heavy atom. The minimum absolute atomic E-state index is 0.194. The molecule has 0 spiro atoms. The number of nitrogens with one attached hydrogen (secondary N) is 2. The Balaban J connectivity index is 1.48. The van der Waals surface area contributed by atoms with Gasteiger partial charge in [-0.3, -0.25) is 9.69 Å². The molecule has 31 heavy (non-hydrogen) atoms. The van der Waals surface area contributed by atoms with Crippen molar-refractivity contribution in [3.8, 4) is 5.75 Å². The number of carbonyl (C=O) groups excluding carboxylic acids is 1. The van der Waals surface area contributed by atoms with Crippen LogP contribution in [0.2, 0.25) is 0 Å². The summed E-state index contributed by atoms with van der Waals surface area (Å²) < 4.78 is 33.3. The van der Waals surface area contributed by atoms with E-state index < -0.39 is 10.0 Å². The lowest BCUT2D eigenvalue weighted by atomic mass is 10.2. The van der Waals surface area contributed by atoms with Crippen molar-refractivity contribution in [3.05, 3.63) is 48.0 Å². The van der Waals surface area contributed by atoms with Gasteiger partial charge in [0.2, 0.25) is 15.9 Å². The minimum atomic E-state index is -3.61. The third-order valence-corrected chi connectivity index (χ3v) is 6.94. The number of hydrogen-bond acceptors (Lipinski definition) is 6. The first-order valence-corrected chi connectivity index (χ1v) is 11.8. The van der Waals surface area contributed by atoms with E-state index in [1.54, 1.807) is 26.2 Å². The van der Waals surface area contributed by atoms with E-state index in [2.05, 4.69) is 32.0 Å². The summed E-state index contributed by atoms with van der Waals surface area (Å²) in [5, 5.41) is 2.66. The van der Waals surface area contributed by atoms with Crippen molar-refractivity contribution in [3.63, 3.8) is 0 Å². The van der Waals surface area contributed by atoms with Crippen molar-refractivity contribution in [2.75, 3.05) is 56.6 Å². The average Bonchev–Trinajstić information content (AvgIpc) is 2.73. The highest BCUT2D eigenvalue weighted by molar-refractivity contribution is 7.89. The number of sulfonamides is 1. The SMILES string of the molecule is COc1ccc(N2CCN(CCNS(=O)(=O)c3ccc(NC(C)=O)cc3C)CC2)cc1. The van der Waals surface area contributed by atoms with Crippen LogP contribution in [0.4, 0.5) is 11.4 Å². The fourth-order valence-corrected chi connectivity index (χ4v) is 4.92. The van der Waals surface area contributed by atoms with Gasteiger partial charge in [0.15, 0.2) is 0 Å². The maximum Gasteiger partial charge on any atom is 0.240 e. The summed E-state index contributed by atoms with van der Waals surface area (Å²) >= 11 is 0. The van der Waals surface area contributed by atoms with E-state index in [1.165, 1.54) is 18.7 Å². The molecule has 0 unspecified atom stereocenters. The van der Waals surface area contributed by atoms with Gasteiger partial charge in [0.1, 0.15) is 5.75 Å². The molecule has 3 rings (SSSR count). The highest BCUT2D eigenvalue weighted by Crippen LogP contribution is 2.21. The second-order valence-corrected chi connectivity index (χ2v) is 9.32. The van der Waals surface area contributed by atoms with E-state index in [0.717, 1.165) is 31.9 Å². The molecule has 1 fully saturated rings. The maximum absolute atomic E-state index is 12.7. The highest BCUT2D eigenvalue weighted by atomic mass is 32.2. The molecule has 9 heteroatoms. The van der Waals surface area contributed by atoms with E-state index >= 15 is 0 Å². The molecule has 1 aliphatic rings. The van der Waals surface area contributed by atoms with Crippen LogP contribution in [0, 0.1) is 6.92 Å². The molecular formula is C22H30N4O4S. The van der Waals surface area contributed by atoms with Crippen LogP contribution in [0.25, 0.3) is 0 Å². The Morgan fingerprint density at radius 3 is 2.32 bits per heavy atom. The summed E-state index contributed by atoms with van der Waals surface area (Å²) in [6.45, 7) is 7.66. The van der Waals surface area contributed by atoms with Gasteiger partial charge < -0.3 is 15.0 Å². The van der Waals surface area contributed by atoms with Gasteiger partial charge >= 0.3 is 0 Å². The molecule has 168 valence electrons. The zero-order valence-corrected chi connectivity index (χ0v) is 19.0. The Kier molecular flexibility index (Phi) is 7.53. The van der Waals surface area contributed by atoms with Crippen LogP contribution in [0.5, 0.6) is 5.75 Å². The molecule has 0 radical (unpaired) electrons. The number of aryl methyl sites for hydroxylation is 1. The fraction of sp³-hybridized carbons (Fsp3) is 0.409. The maximum atomic E-state index is 12.7. The standard InChI is InChI=1S/C22H30N4O4S/c1-17-16-19(24-18(2)27)4-9-22(17)31(28,29)23-10-11-25-12-14-26(15-13-25)20-5-7-21(30-3)8-6-20/h4-9,16,23H,10-15H2,1-3H3,(H,24,27). The van der Waals surface area contributed by atoms with Gasteiger partial charge in [0.25, 0.3) is 0 Å². The van der Waals surface area contributed by atoms with Crippen LogP contribution < -0.4 is 19.7 Å². The van der Waals surface area contributed by atoms with E-state index in [4.69, 9.17) is 4.74 Å². The number of amides is 1. The molecule has 0 aromatic heterocycles. The zero-order valence-electron chi connectivity index (χ0n) is 18.2. The van der Waals surface area contributed by atoms with Gasteiger partial charge in [-0.25, -0.2) is 13.1 Å². The van der Waals surface area contributed by atoms with Gasteiger partial charge in [-0.1, -0.05) is 0 Å². The molecule has 0 bridgehead atoms. The predicted molar refractivity (Wildman–Crippen MR) is 122 cm³/mol. The van der Waals surface area contributed by atoms with Crippen LogP contribution in [-0.4, -0.2) is 65.6 Å². The van der Waals surface area contributed by atoms with Gasteiger partial charge in [0.05, 0.1) is 12.0 Å². The Labute approximate surface area is 184 Å². The number of anilines is 2. The number of methoxy groups -OCH3 is 1. The average molecular weight is 447 g/mol. The first-order chi connectivity index (χ1) is 14.8. The predicted octanol–water partition coefficient (Wildman–Crippen LogP) is 2.06. The normalized spacial score (nSPS) is 15.0. The first-order valence-electron chi connectivity index (χ1n) is 10.3. The Bertz CT molecular complexity index is 1000. The zero-order chi connectivity index (χ0) is 22.4. The van der Waals surface area contributed by atoms with Crippen LogP contribution in [0.3, 0.4) is 0 Å². The van der Waals surface area contributed by atoms with Crippen molar-refractivity contribution in [1.82, 2.24) is 9.62 Å². The van der Waals surface area contributed by atoms with Crippen molar-refractivity contribution >= 4 is 27.3 Å². The third-order valence-electron chi connectivity index (χ3n) is 5.31. The van der Waals surface area contributed by atoms with Crippen molar-refractivity contribution < 1.29 is 17.9 Å². The van der Waals surface area contributed by atoms with Crippen LogP contribution >= 0.6 is 0 Å². The molecule has 1 amide bonds.